The summed E-state index contributed by atoms with van der Waals surface area (Å²) in [4.78, 5) is 25.5. The van der Waals surface area contributed by atoms with E-state index < -0.39 is 0 Å². The van der Waals surface area contributed by atoms with Crippen molar-refractivity contribution in [3.05, 3.63) is 59.0 Å². The van der Waals surface area contributed by atoms with E-state index in [1.54, 1.807) is 0 Å². The Labute approximate surface area is 132 Å². The third kappa shape index (κ3) is 3.01. The average Bonchev–Trinajstić information content (AvgIpc) is 2.89. The Morgan fingerprint density at radius 3 is 2.59 bits per heavy atom. The molecule has 6 heteroatoms. The molecule has 0 atom stereocenters. The molecule has 2 heterocycles. The monoisotopic (exact) mass is 310 g/mol. The molecule has 0 saturated heterocycles. The Kier molecular flexibility index (Phi) is 3.93. The summed E-state index contributed by atoms with van der Waals surface area (Å²) in [5, 5.41) is 3.33. The molecule has 0 aliphatic carbocycles. The lowest BCUT2D eigenvalue weighted by Crippen LogP contribution is -2.13. The Bertz CT molecular complexity index is 797. The number of carbonyl (C=O) groups is 1. The van der Waals surface area contributed by atoms with Gasteiger partial charge in [-0.2, -0.15) is 0 Å². The van der Waals surface area contributed by atoms with Gasteiger partial charge in [-0.15, -0.1) is 11.3 Å². The van der Waals surface area contributed by atoms with Crippen LogP contribution >= 0.6 is 11.3 Å². The van der Waals surface area contributed by atoms with Crippen LogP contribution in [0.15, 0.2) is 42.9 Å². The maximum atomic E-state index is 12.1. The van der Waals surface area contributed by atoms with Crippen molar-refractivity contribution in [2.24, 2.45) is 0 Å². The summed E-state index contributed by atoms with van der Waals surface area (Å²) in [6.07, 6.45) is 4.44. The minimum Gasteiger partial charge on any atom is -0.296 e. The van der Waals surface area contributed by atoms with Crippen LogP contribution in [-0.2, 0) is 0 Å². The zero-order valence-electron chi connectivity index (χ0n) is 12.2. The largest absolute Gasteiger partial charge is 0.296 e. The van der Waals surface area contributed by atoms with Crippen molar-refractivity contribution in [3.8, 4) is 11.3 Å². The minimum atomic E-state index is -0.308. The summed E-state index contributed by atoms with van der Waals surface area (Å²) in [6, 6.07) is 8.16. The van der Waals surface area contributed by atoms with Gasteiger partial charge in [-0.05, 0) is 13.8 Å². The van der Waals surface area contributed by atoms with Crippen LogP contribution < -0.4 is 5.32 Å². The normalized spacial score (nSPS) is 10.5. The van der Waals surface area contributed by atoms with E-state index >= 15 is 0 Å². The maximum absolute atomic E-state index is 12.1. The van der Waals surface area contributed by atoms with Crippen molar-refractivity contribution >= 4 is 22.4 Å². The number of hydrogen-bond donors (Lipinski definition) is 1. The molecule has 0 aliphatic heterocycles. The lowest BCUT2D eigenvalue weighted by molar-refractivity contribution is 0.102. The predicted molar refractivity (Wildman–Crippen MR) is 87.0 cm³/mol. The molecule has 5 nitrogen and oxygen atoms in total. The fourth-order valence-electron chi connectivity index (χ4n) is 2.01. The van der Waals surface area contributed by atoms with E-state index in [9.17, 15) is 4.79 Å². The quantitative estimate of drug-likeness (QED) is 0.804. The number of thiazole rings is 1. The molecule has 0 aliphatic rings. The van der Waals surface area contributed by atoms with Gasteiger partial charge in [0.2, 0.25) is 0 Å². The molecule has 1 N–H and O–H groups in total. The minimum absolute atomic E-state index is 0.271. The van der Waals surface area contributed by atoms with Crippen LogP contribution in [0.1, 0.15) is 20.9 Å². The maximum Gasteiger partial charge on any atom is 0.277 e. The van der Waals surface area contributed by atoms with Crippen LogP contribution in [0.25, 0.3) is 11.3 Å². The zero-order chi connectivity index (χ0) is 15.5. The fraction of sp³-hybridized carbons (Fsp3) is 0.125. The van der Waals surface area contributed by atoms with Gasteiger partial charge in [0.05, 0.1) is 11.9 Å². The Morgan fingerprint density at radius 2 is 1.91 bits per heavy atom. The fourth-order valence-corrected chi connectivity index (χ4v) is 2.84. The van der Waals surface area contributed by atoms with Crippen LogP contribution in [0.2, 0.25) is 0 Å². The number of rotatable bonds is 3. The Hall–Kier alpha value is -2.60. The molecule has 0 saturated carbocycles. The van der Waals surface area contributed by atoms with Gasteiger partial charge in [-0.1, -0.05) is 29.8 Å². The highest BCUT2D eigenvalue weighted by Crippen LogP contribution is 2.30. The number of nitrogens with zero attached hydrogens (tertiary/aromatic N) is 3. The second kappa shape index (κ2) is 6.03. The summed E-state index contributed by atoms with van der Waals surface area (Å²) in [5.74, 6) is -0.308. The lowest BCUT2D eigenvalue weighted by Gasteiger charge is -2.00. The molecule has 1 aromatic carbocycles. The van der Waals surface area contributed by atoms with E-state index in [2.05, 4.69) is 20.3 Å². The van der Waals surface area contributed by atoms with Crippen LogP contribution in [0, 0.1) is 13.8 Å². The molecule has 22 heavy (non-hydrogen) atoms. The zero-order valence-corrected chi connectivity index (χ0v) is 13.0. The molecular weight excluding hydrogens is 296 g/mol. The molecule has 0 unspecified atom stereocenters. The van der Waals surface area contributed by atoms with Crippen LogP contribution in [0.5, 0.6) is 0 Å². The average molecular weight is 310 g/mol. The molecule has 1 amide bonds. The number of nitrogens with one attached hydrogen (secondary N) is 1. The highest BCUT2D eigenvalue weighted by molar-refractivity contribution is 7.16. The predicted octanol–water partition coefficient (Wildman–Crippen LogP) is 3.47. The third-order valence-corrected chi connectivity index (χ3v) is 4.02. The topological polar surface area (TPSA) is 67.8 Å². The highest BCUT2D eigenvalue weighted by atomic mass is 32.1. The van der Waals surface area contributed by atoms with Crippen molar-refractivity contribution in [1.82, 2.24) is 15.0 Å². The summed E-state index contributed by atoms with van der Waals surface area (Å²) in [6.45, 7) is 4.04. The first-order chi connectivity index (χ1) is 10.6. The molecule has 0 radical (unpaired) electrons. The molecule has 3 rings (SSSR count). The van der Waals surface area contributed by atoms with Crippen molar-refractivity contribution in [3.63, 3.8) is 0 Å². The van der Waals surface area contributed by atoms with E-state index in [0.717, 1.165) is 16.1 Å². The van der Waals surface area contributed by atoms with E-state index in [4.69, 9.17) is 0 Å². The Balaban J connectivity index is 1.83. The van der Waals surface area contributed by atoms with Gasteiger partial charge >= 0.3 is 0 Å². The number of carbonyl (C=O) groups excluding carboxylic acids is 1. The van der Waals surface area contributed by atoms with Crippen molar-refractivity contribution < 1.29 is 4.79 Å². The molecule has 3 aromatic rings. The van der Waals surface area contributed by atoms with Crippen LogP contribution in [0.4, 0.5) is 5.13 Å². The summed E-state index contributed by atoms with van der Waals surface area (Å²) < 4.78 is 0. The van der Waals surface area contributed by atoms with Gasteiger partial charge < -0.3 is 0 Å². The smallest absolute Gasteiger partial charge is 0.277 e. The number of aromatic nitrogens is 3. The van der Waals surface area contributed by atoms with Gasteiger partial charge in [-0.25, -0.2) is 9.97 Å². The number of benzene rings is 1. The Morgan fingerprint density at radius 1 is 1.14 bits per heavy atom. The summed E-state index contributed by atoms with van der Waals surface area (Å²) in [5.41, 5.74) is 3.40. The number of hydrogen-bond acceptors (Lipinski definition) is 5. The van der Waals surface area contributed by atoms with Crippen LogP contribution in [-0.4, -0.2) is 20.9 Å². The lowest BCUT2D eigenvalue weighted by atomic mass is 10.1. The second-order valence-corrected chi connectivity index (χ2v) is 6.04. The van der Waals surface area contributed by atoms with E-state index in [0.29, 0.717) is 5.13 Å². The van der Waals surface area contributed by atoms with Gasteiger partial charge in [-0.3, -0.25) is 15.1 Å². The molecule has 110 valence electrons. The first-order valence-corrected chi connectivity index (χ1v) is 7.57. The third-order valence-electron chi connectivity index (χ3n) is 3.14. The number of anilines is 1. The molecule has 2 aromatic heterocycles. The van der Waals surface area contributed by atoms with Crippen molar-refractivity contribution in [2.45, 2.75) is 13.8 Å². The van der Waals surface area contributed by atoms with E-state index in [1.807, 2.05) is 38.1 Å². The summed E-state index contributed by atoms with van der Waals surface area (Å²) in [7, 11) is 0. The van der Waals surface area contributed by atoms with E-state index in [-0.39, 0.29) is 11.6 Å². The van der Waals surface area contributed by atoms with Crippen LogP contribution in [0.3, 0.4) is 0 Å². The second-order valence-electron chi connectivity index (χ2n) is 4.83. The SMILES string of the molecule is Cc1ccc(-c2nc(NC(=O)c3cnccn3)sc2C)cc1. The number of amides is 1. The van der Waals surface area contributed by atoms with E-state index in [1.165, 1.54) is 35.5 Å². The number of aryl methyl sites for hydroxylation is 2. The van der Waals surface area contributed by atoms with Gasteiger partial charge in [0.1, 0.15) is 5.69 Å². The molecule has 0 bridgehead atoms. The van der Waals surface area contributed by atoms with Crippen molar-refractivity contribution in [1.29, 1.82) is 0 Å². The van der Waals surface area contributed by atoms with Gasteiger partial charge in [0.25, 0.3) is 5.91 Å². The highest BCUT2D eigenvalue weighted by Gasteiger charge is 2.13. The first-order valence-electron chi connectivity index (χ1n) is 6.75. The van der Waals surface area contributed by atoms with Gasteiger partial charge in [0, 0.05) is 22.8 Å². The molecule has 0 fully saturated rings. The van der Waals surface area contributed by atoms with Gasteiger partial charge in [0.15, 0.2) is 5.13 Å². The molecule has 0 spiro atoms. The van der Waals surface area contributed by atoms with Crippen molar-refractivity contribution in [2.75, 3.05) is 5.32 Å². The first kappa shape index (κ1) is 14.3. The standard InChI is InChI=1S/C16H14N4OS/c1-10-3-5-12(6-4-10)14-11(2)22-16(19-14)20-15(21)13-9-17-7-8-18-13/h3-9H,1-2H3,(H,19,20,21). The molecular formula is C16H14N4OS. The summed E-state index contributed by atoms with van der Waals surface area (Å²) >= 11 is 1.45.